The number of thiocyanates is 1. The third kappa shape index (κ3) is 5.03. The molecule has 12 heteroatoms. The molecule has 1 N–H and O–H groups in total. The van der Waals surface area contributed by atoms with Crippen LogP contribution < -0.4 is 10.4 Å². The molecule has 0 bridgehead atoms. The number of rotatable bonds is 7. The van der Waals surface area contributed by atoms with E-state index in [0.717, 1.165) is 27.7 Å². The number of hydrogen-bond acceptors (Lipinski definition) is 8. The Balaban J connectivity index is 3.17. The van der Waals surface area contributed by atoms with Crippen molar-refractivity contribution in [1.82, 2.24) is 18.6 Å². The minimum absolute atomic E-state index is 0.252. The molecule has 0 aliphatic heterocycles. The van der Waals surface area contributed by atoms with Crippen molar-refractivity contribution in [3.05, 3.63) is 22.2 Å². The molecule has 24 heavy (non-hydrogen) atoms. The highest BCUT2D eigenvalue weighted by molar-refractivity contribution is 8.03. The summed E-state index contributed by atoms with van der Waals surface area (Å²) in [5.41, 5.74) is -0.170. The summed E-state index contributed by atoms with van der Waals surface area (Å²) in [4.78, 5) is 27.6. The summed E-state index contributed by atoms with van der Waals surface area (Å²) in [6, 6.07) is -1.31. The predicted octanol–water partition coefficient (Wildman–Crippen LogP) is -0.937. The van der Waals surface area contributed by atoms with Gasteiger partial charge in [0.15, 0.2) is 0 Å². The van der Waals surface area contributed by atoms with Gasteiger partial charge in [-0.1, -0.05) is 0 Å². The van der Waals surface area contributed by atoms with Gasteiger partial charge in [0, 0.05) is 32.1 Å². The van der Waals surface area contributed by atoms with Crippen LogP contribution in [0.3, 0.4) is 0 Å². The Morgan fingerprint density at radius 3 is 2.71 bits per heavy atom. The first-order valence-corrected chi connectivity index (χ1v) is 8.79. The highest BCUT2D eigenvalue weighted by Crippen LogP contribution is 2.16. The summed E-state index contributed by atoms with van der Waals surface area (Å²) in [6.07, 6.45) is 1.40. The van der Waals surface area contributed by atoms with Crippen LogP contribution in [0.25, 0.3) is 0 Å². The predicted molar refractivity (Wildman–Crippen MR) is 86.3 cm³/mol. The van der Waals surface area contributed by atoms with Gasteiger partial charge in [0.25, 0.3) is 10.2 Å². The average molecular weight is 375 g/mol. The summed E-state index contributed by atoms with van der Waals surface area (Å²) < 4.78 is 32.5. The number of nitrogens with one attached hydrogen (secondary N) is 1. The van der Waals surface area contributed by atoms with E-state index in [1.165, 1.54) is 20.3 Å². The molecule has 0 unspecified atom stereocenters. The lowest BCUT2D eigenvalue weighted by atomic mass is 10.3. The Hall–Kier alpha value is -1.94. The van der Waals surface area contributed by atoms with Gasteiger partial charge in [0.05, 0.1) is 13.7 Å². The molecule has 1 aromatic rings. The minimum Gasteiger partial charge on any atom is -0.468 e. The lowest BCUT2D eigenvalue weighted by Gasteiger charge is -2.20. The van der Waals surface area contributed by atoms with E-state index >= 15 is 0 Å². The maximum atomic E-state index is 12.0. The van der Waals surface area contributed by atoms with E-state index < -0.39 is 27.9 Å². The summed E-state index contributed by atoms with van der Waals surface area (Å²) in [5.74, 6) is -0.847. The van der Waals surface area contributed by atoms with Crippen molar-refractivity contribution < 1.29 is 17.9 Å². The smallest absolute Gasteiger partial charge is 0.348 e. The van der Waals surface area contributed by atoms with Crippen LogP contribution in [0.2, 0.25) is 0 Å². The molecular formula is C12H17N5O5S2. The molecule has 0 saturated heterocycles. The molecule has 0 spiro atoms. The van der Waals surface area contributed by atoms with Gasteiger partial charge in [0.2, 0.25) is 0 Å². The van der Waals surface area contributed by atoms with E-state index in [1.807, 2.05) is 5.40 Å². The van der Waals surface area contributed by atoms with Crippen molar-refractivity contribution in [3.63, 3.8) is 0 Å². The maximum Gasteiger partial charge on any atom is 0.348 e. The molecule has 1 atom stereocenters. The molecule has 1 heterocycles. The highest BCUT2D eigenvalue weighted by atomic mass is 32.2. The van der Waals surface area contributed by atoms with Crippen LogP contribution in [-0.2, 0) is 26.3 Å². The number of carbonyl (C=O) groups is 1. The number of carbonyl (C=O) groups excluding carboxylic acids is 1. The Morgan fingerprint density at radius 2 is 2.21 bits per heavy atom. The number of esters is 1. The monoisotopic (exact) mass is 375 g/mol. The third-order valence-electron chi connectivity index (χ3n) is 2.91. The fourth-order valence-electron chi connectivity index (χ4n) is 1.64. The van der Waals surface area contributed by atoms with Crippen molar-refractivity contribution in [2.45, 2.75) is 24.5 Å². The van der Waals surface area contributed by atoms with Gasteiger partial charge < -0.3 is 4.74 Å². The van der Waals surface area contributed by atoms with Crippen LogP contribution >= 0.6 is 11.8 Å². The number of nitrogens with zero attached hydrogens (tertiary/aromatic N) is 4. The van der Waals surface area contributed by atoms with E-state index in [9.17, 15) is 18.0 Å². The zero-order chi connectivity index (χ0) is 18.5. The second kappa shape index (κ2) is 8.25. The summed E-state index contributed by atoms with van der Waals surface area (Å²) in [7, 11) is -0.215. The fourth-order valence-corrected chi connectivity index (χ4v) is 2.81. The van der Waals surface area contributed by atoms with E-state index in [2.05, 4.69) is 14.4 Å². The summed E-state index contributed by atoms with van der Waals surface area (Å²) in [5, 5.41) is 10.7. The molecule has 0 radical (unpaired) electrons. The molecule has 1 rings (SSSR count). The van der Waals surface area contributed by atoms with Gasteiger partial charge in [-0.3, -0.25) is 9.36 Å². The lowest BCUT2D eigenvalue weighted by molar-refractivity contribution is -0.143. The van der Waals surface area contributed by atoms with Crippen LogP contribution in [0.4, 0.5) is 0 Å². The molecule has 0 fully saturated rings. The largest absolute Gasteiger partial charge is 0.468 e. The molecule has 0 aromatic carbocycles. The number of methoxy groups -OCH3 is 1. The Morgan fingerprint density at radius 1 is 1.58 bits per heavy atom. The molecule has 10 nitrogen and oxygen atoms in total. The van der Waals surface area contributed by atoms with E-state index in [-0.39, 0.29) is 11.6 Å². The molecule has 0 aliphatic rings. The number of hydrogen-bond donors (Lipinski definition) is 1. The van der Waals surface area contributed by atoms with Gasteiger partial charge in [-0.05, 0) is 12.5 Å². The lowest BCUT2D eigenvalue weighted by Crippen LogP contribution is -2.49. The standard InChI is InChI=1S/C12H17N5O5S2/c1-8-5-17(12(19)14-10(8)23-7-13)6-9(11(18)22-4)15-24(20,21)16(2)3/h5,9,15H,6H2,1-4H3/t9-/m0/s1. The van der Waals surface area contributed by atoms with Gasteiger partial charge in [-0.2, -0.15) is 27.7 Å². The number of nitriles is 1. The SMILES string of the molecule is COC(=O)[C@H](Cn1cc(C)c(SC#N)nc1=O)NS(=O)(=O)N(C)C. The van der Waals surface area contributed by atoms with Gasteiger partial charge in [0.1, 0.15) is 16.5 Å². The van der Waals surface area contributed by atoms with Crippen molar-refractivity contribution in [1.29, 1.82) is 5.26 Å². The minimum atomic E-state index is -3.91. The number of aryl methyl sites for hydroxylation is 1. The average Bonchev–Trinajstić information content (AvgIpc) is 2.50. The van der Waals surface area contributed by atoms with E-state index in [4.69, 9.17) is 5.26 Å². The number of aromatic nitrogens is 2. The normalized spacial score (nSPS) is 12.7. The first kappa shape index (κ1) is 20.1. The zero-order valence-corrected chi connectivity index (χ0v) is 15.1. The van der Waals surface area contributed by atoms with Gasteiger partial charge >= 0.3 is 11.7 Å². The number of ether oxygens (including phenoxy) is 1. The molecule has 0 aliphatic carbocycles. The highest BCUT2D eigenvalue weighted by Gasteiger charge is 2.27. The van der Waals surface area contributed by atoms with Crippen molar-refractivity contribution >= 4 is 27.9 Å². The van der Waals surface area contributed by atoms with Crippen LogP contribution in [0.15, 0.2) is 16.0 Å². The second-order valence-electron chi connectivity index (χ2n) is 4.84. The van der Waals surface area contributed by atoms with Crippen LogP contribution in [0.5, 0.6) is 0 Å². The molecule has 132 valence electrons. The van der Waals surface area contributed by atoms with Crippen LogP contribution in [-0.4, -0.2) is 55.5 Å². The van der Waals surface area contributed by atoms with Gasteiger partial charge in [-0.15, -0.1) is 0 Å². The number of thioether (sulfide) groups is 1. The first-order chi connectivity index (χ1) is 11.1. The molecular weight excluding hydrogens is 358 g/mol. The quantitative estimate of drug-likeness (QED) is 0.279. The molecule has 0 saturated carbocycles. The van der Waals surface area contributed by atoms with Crippen LogP contribution in [0.1, 0.15) is 5.56 Å². The van der Waals surface area contributed by atoms with Crippen LogP contribution in [0, 0.1) is 17.6 Å². The maximum absolute atomic E-state index is 12.0. The topological polar surface area (TPSA) is 134 Å². The van der Waals surface area contributed by atoms with Crippen molar-refractivity contribution in [2.75, 3.05) is 21.2 Å². The third-order valence-corrected chi connectivity index (χ3v) is 5.15. The Bertz CT molecular complexity index is 812. The summed E-state index contributed by atoms with van der Waals surface area (Å²) in [6.45, 7) is 1.34. The van der Waals surface area contributed by atoms with Crippen molar-refractivity contribution in [2.24, 2.45) is 0 Å². The van der Waals surface area contributed by atoms with Gasteiger partial charge in [-0.25, -0.2) is 4.79 Å². The Kier molecular flexibility index (Phi) is 6.91. The second-order valence-corrected chi connectivity index (χ2v) is 7.53. The van der Waals surface area contributed by atoms with Crippen molar-refractivity contribution in [3.8, 4) is 5.40 Å². The van der Waals surface area contributed by atoms with E-state index in [0.29, 0.717) is 5.56 Å². The Labute approximate surface area is 143 Å². The van der Waals surface area contributed by atoms with E-state index in [1.54, 1.807) is 6.92 Å². The summed E-state index contributed by atoms with van der Waals surface area (Å²) >= 11 is 0.740. The first-order valence-electron chi connectivity index (χ1n) is 6.54. The molecule has 1 aromatic heterocycles. The fraction of sp³-hybridized carbons (Fsp3) is 0.500. The zero-order valence-electron chi connectivity index (χ0n) is 13.5. The molecule has 0 amide bonds.